The molecule has 122 valence electrons. The Morgan fingerprint density at radius 2 is 1.92 bits per heavy atom. The summed E-state index contributed by atoms with van der Waals surface area (Å²) in [7, 11) is 0. The second kappa shape index (κ2) is 7.00. The molecule has 0 N–H and O–H groups in total. The first kappa shape index (κ1) is 15.8. The summed E-state index contributed by atoms with van der Waals surface area (Å²) < 4.78 is 16.1. The number of aryl methyl sites for hydroxylation is 1. The third-order valence-corrected chi connectivity index (χ3v) is 3.29. The van der Waals surface area contributed by atoms with Gasteiger partial charge >= 0.3 is 5.97 Å². The molecule has 1 heterocycles. The number of rotatable bonds is 5. The lowest BCUT2D eigenvalue weighted by Gasteiger charge is -2.02. The van der Waals surface area contributed by atoms with Gasteiger partial charge in [0.2, 0.25) is 0 Å². The number of hydrogen-bond donors (Lipinski definition) is 0. The van der Waals surface area contributed by atoms with E-state index < -0.39 is 5.97 Å². The fourth-order valence-corrected chi connectivity index (χ4v) is 2.24. The van der Waals surface area contributed by atoms with E-state index in [1.54, 1.807) is 31.2 Å². The zero-order chi connectivity index (χ0) is 16.9. The van der Waals surface area contributed by atoms with Crippen molar-refractivity contribution in [3.63, 3.8) is 0 Å². The van der Waals surface area contributed by atoms with Crippen LogP contribution in [0.5, 0.6) is 11.5 Å². The van der Waals surface area contributed by atoms with Crippen LogP contribution in [0, 0.1) is 6.92 Å². The molecular formula is C19H17NO4. The van der Waals surface area contributed by atoms with Crippen molar-refractivity contribution in [2.24, 2.45) is 0 Å². The van der Waals surface area contributed by atoms with Gasteiger partial charge in [-0.1, -0.05) is 12.1 Å². The highest BCUT2D eigenvalue weighted by molar-refractivity contribution is 5.89. The minimum absolute atomic E-state index is 0.417. The van der Waals surface area contributed by atoms with E-state index in [2.05, 4.69) is 4.98 Å². The summed E-state index contributed by atoms with van der Waals surface area (Å²) >= 11 is 0. The number of ether oxygens (including phenoxy) is 2. The number of benzene rings is 2. The Labute approximate surface area is 139 Å². The third kappa shape index (κ3) is 3.81. The summed E-state index contributed by atoms with van der Waals surface area (Å²) in [4.78, 5) is 16.1. The van der Waals surface area contributed by atoms with E-state index in [1.807, 2.05) is 31.2 Å². The van der Waals surface area contributed by atoms with Gasteiger partial charge in [-0.3, -0.25) is 0 Å². The molecule has 24 heavy (non-hydrogen) atoms. The van der Waals surface area contributed by atoms with Gasteiger partial charge in [0.1, 0.15) is 17.0 Å². The number of oxazole rings is 1. The highest BCUT2D eigenvalue weighted by Crippen LogP contribution is 2.21. The average Bonchev–Trinajstić information content (AvgIpc) is 2.94. The average molecular weight is 323 g/mol. The zero-order valence-electron chi connectivity index (χ0n) is 13.5. The van der Waals surface area contributed by atoms with E-state index in [0.717, 1.165) is 16.8 Å². The molecule has 0 aliphatic heterocycles. The molecule has 0 spiro atoms. The first-order chi connectivity index (χ1) is 11.6. The van der Waals surface area contributed by atoms with Gasteiger partial charge in [0.25, 0.3) is 0 Å². The second-order valence-electron chi connectivity index (χ2n) is 5.12. The van der Waals surface area contributed by atoms with Crippen LogP contribution in [0.25, 0.3) is 17.2 Å². The van der Waals surface area contributed by atoms with Crippen LogP contribution in [-0.4, -0.2) is 17.6 Å². The fraction of sp³-hybridized carbons (Fsp3) is 0.158. The lowest BCUT2D eigenvalue weighted by atomic mass is 10.2. The van der Waals surface area contributed by atoms with Crippen LogP contribution >= 0.6 is 0 Å². The molecule has 0 aliphatic carbocycles. The first-order valence-electron chi connectivity index (χ1n) is 7.64. The monoisotopic (exact) mass is 323 g/mol. The van der Waals surface area contributed by atoms with Crippen molar-refractivity contribution in [2.45, 2.75) is 13.8 Å². The molecule has 2 aromatic carbocycles. The molecule has 3 rings (SSSR count). The van der Waals surface area contributed by atoms with Gasteiger partial charge in [0, 0.05) is 19.1 Å². The third-order valence-electron chi connectivity index (χ3n) is 3.29. The lowest BCUT2D eigenvalue weighted by molar-refractivity contribution is -0.128. The molecular weight excluding hydrogens is 306 g/mol. The Morgan fingerprint density at radius 1 is 1.17 bits per heavy atom. The smallest absolute Gasteiger partial charge is 0.336 e. The fourth-order valence-electron chi connectivity index (χ4n) is 2.24. The maximum absolute atomic E-state index is 11.9. The quantitative estimate of drug-likeness (QED) is 0.401. The minimum atomic E-state index is -0.459. The molecule has 0 fully saturated rings. The summed E-state index contributed by atoms with van der Waals surface area (Å²) in [6.07, 6.45) is 3.07. The van der Waals surface area contributed by atoms with Crippen molar-refractivity contribution in [3.8, 4) is 11.5 Å². The molecule has 0 radical (unpaired) electrons. The van der Waals surface area contributed by atoms with E-state index in [-0.39, 0.29) is 0 Å². The van der Waals surface area contributed by atoms with Crippen molar-refractivity contribution in [1.29, 1.82) is 0 Å². The normalized spacial score (nSPS) is 11.1. The highest BCUT2D eigenvalue weighted by atomic mass is 16.5. The molecule has 5 nitrogen and oxygen atoms in total. The van der Waals surface area contributed by atoms with E-state index in [9.17, 15) is 4.79 Å². The van der Waals surface area contributed by atoms with Crippen LogP contribution < -0.4 is 9.47 Å². The maximum atomic E-state index is 11.9. The topological polar surface area (TPSA) is 61.6 Å². The standard InChI is InChI=1S/C19H17NO4/c1-3-22-15-7-4-14(5-8-15)6-11-19(21)24-16-9-10-17-18(12-16)23-13(2)20-17/h4-12H,3H2,1-2H3/b11-6+. The van der Waals surface area contributed by atoms with E-state index >= 15 is 0 Å². The van der Waals surface area contributed by atoms with Crippen molar-refractivity contribution in [2.75, 3.05) is 6.61 Å². The summed E-state index contributed by atoms with van der Waals surface area (Å²) in [5.41, 5.74) is 2.21. The molecule has 1 aromatic heterocycles. The van der Waals surface area contributed by atoms with Crippen LogP contribution in [0.4, 0.5) is 0 Å². The molecule has 0 amide bonds. The molecule has 0 aliphatic rings. The number of hydrogen-bond acceptors (Lipinski definition) is 5. The summed E-state index contributed by atoms with van der Waals surface area (Å²) in [5.74, 6) is 1.33. The van der Waals surface area contributed by atoms with Gasteiger partial charge in [-0.05, 0) is 42.8 Å². The van der Waals surface area contributed by atoms with E-state index in [4.69, 9.17) is 13.9 Å². The number of carbonyl (C=O) groups excluding carboxylic acids is 1. The number of carbonyl (C=O) groups is 1. The minimum Gasteiger partial charge on any atom is -0.494 e. The molecule has 0 bridgehead atoms. The predicted octanol–water partition coefficient (Wildman–Crippen LogP) is 4.15. The van der Waals surface area contributed by atoms with Gasteiger partial charge in [-0.25, -0.2) is 9.78 Å². The number of esters is 1. The van der Waals surface area contributed by atoms with Crippen molar-refractivity contribution in [1.82, 2.24) is 4.98 Å². The van der Waals surface area contributed by atoms with E-state index in [0.29, 0.717) is 23.8 Å². The molecule has 0 saturated heterocycles. The van der Waals surface area contributed by atoms with Crippen LogP contribution in [0.15, 0.2) is 53.0 Å². The van der Waals surface area contributed by atoms with Crippen LogP contribution in [0.3, 0.4) is 0 Å². The van der Waals surface area contributed by atoms with Crippen LogP contribution in [0.1, 0.15) is 18.4 Å². The van der Waals surface area contributed by atoms with Crippen LogP contribution in [0.2, 0.25) is 0 Å². The lowest BCUT2D eigenvalue weighted by Crippen LogP contribution is -2.03. The second-order valence-corrected chi connectivity index (χ2v) is 5.12. The molecule has 0 saturated carbocycles. The zero-order valence-corrected chi connectivity index (χ0v) is 13.5. The number of aromatic nitrogens is 1. The Morgan fingerprint density at radius 3 is 2.67 bits per heavy atom. The number of fused-ring (bicyclic) bond motifs is 1. The van der Waals surface area contributed by atoms with Crippen molar-refractivity contribution < 1.29 is 18.7 Å². The SMILES string of the molecule is CCOc1ccc(/C=C/C(=O)Oc2ccc3nc(C)oc3c2)cc1. The highest BCUT2D eigenvalue weighted by Gasteiger charge is 2.06. The van der Waals surface area contributed by atoms with Crippen LogP contribution in [-0.2, 0) is 4.79 Å². The Balaban J connectivity index is 1.65. The maximum Gasteiger partial charge on any atom is 0.336 e. The summed E-state index contributed by atoms with van der Waals surface area (Å²) in [6.45, 7) is 4.32. The first-order valence-corrected chi connectivity index (χ1v) is 7.64. The van der Waals surface area contributed by atoms with Gasteiger partial charge in [-0.15, -0.1) is 0 Å². The Kier molecular flexibility index (Phi) is 4.61. The summed E-state index contributed by atoms with van der Waals surface area (Å²) in [5, 5.41) is 0. The molecule has 5 heteroatoms. The molecule has 3 aromatic rings. The Bertz CT molecular complexity index is 878. The Hall–Kier alpha value is -3.08. The van der Waals surface area contributed by atoms with Gasteiger partial charge in [0.15, 0.2) is 11.5 Å². The largest absolute Gasteiger partial charge is 0.494 e. The summed E-state index contributed by atoms with van der Waals surface area (Å²) in [6, 6.07) is 12.6. The molecule has 0 unspecified atom stereocenters. The van der Waals surface area contributed by atoms with E-state index in [1.165, 1.54) is 6.08 Å². The van der Waals surface area contributed by atoms with Gasteiger partial charge in [-0.2, -0.15) is 0 Å². The number of nitrogens with zero attached hydrogens (tertiary/aromatic N) is 1. The van der Waals surface area contributed by atoms with Gasteiger partial charge in [0.05, 0.1) is 6.61 Å². The van der Waals surface area contributed by atoms with Crippen molar-refractivity contribution in [3.05, 3.63) is 60.0 Å². The predicted molar refractivity (Wildman–Crippen MR) is 91.0 cm³/mol. The van der Waals surface area contributed by atoms with Crippen molar-refractivity contribution >= 4 is 23.1 Å². The molecule has 0 atom stereocenters. The van der Waals surface area contributed by atoms with Gasteiger partial charge < -0.3 is 13.9 Å².